The number of amides is 1. The minimum Gasteiger partial charge on any atom is -0.379 e. The monoisotopic (exact) mass is 400 g/mol. The van der Waals surface area contributed by atoms with Crippen molar-refractivity contribution in [3.05, 3.63) is 57.8 Å². The van der Waals surface area contributed by atoms with Gasteiger partial charge in [-0.2, -0.15) is 0 Å². The number of nitrogens with one attached hydrogen (secondary N) is 1. The third-order valence-corrected chi connectivity index (χ3v) is 5.44. The van der Waals surface area contributed by atoms with Gasteiger partial charge in [0.1, 0.15) is 5.82 Å². The predicted molar refractivity (Wildman–Crippen MR) is 99.1 cm³/mol. The number of hydrogen-bond acceptors (Lipinski definition) is 4. The Balaban J connectivity index is 1.80. The number of nitrogens with zero attached hydrogens (tertiary/aromatic N) is 1. The molecule has 3 rings (SSSR count). The van der Waals surface area contributed by atoms with Crippen LogP contribution in [-0.4, -0.2) is 36.5 Å². The molecule has 1 amide bonds. The number of hydrogen-bond donors (Lipinski definition) is 1. The SMILES string of the molecule is O=C(Nc1cccc(F)c1)c1cc(SN2CCOCC2)c(Cl)cc1Cl. The van der Waals surface area contributed by atoms with Crippen molar-refractivity contribution < 1.29 is 13.9 Å². The summed E-state index contributed by atoms with van der Waals surface area (Å²) in [7, 11) is 0. The molecule has 0 saturated carbocycles. The summed E-state index contributed by atoms with van der Waals surface area (Å²) in [5.74, 6) is -0.848. The van der Waals surface area contributed by atoms with E-state index < -0.39 is 11.7 Å². The Hall–Kier alpha value is -1.31. The highest BCUT2D eigenvalue weighted by atomic mass is 35.5. The molecule has 0 radical (unpaired) electrons. The fraction of sp³-hybridized carbons (Fsp3) is 0.235. The van der Waals surface area contributed by atoms with E-state index in [2.05, 4.69) is 9.62 Å². The van der Waals surface area contributed by atoms with E-state index in [4.69, 9.17) is 27.9 Å². The molecular weight excluding hydrogens is 386 g/mol. The van der Waals surface area contributed by atoms with Gasteiger partial charge in [-0.1, -0.05) is 29.3 Å². The Morgan fingerprint density at radius 3 is 2.64 bits per heavy atom. The molecule has 0 bridgehead atoms. The van der Waals surface area contributed by atoms with Gasteiger partial charge in [-0.05, 0) is 42.3 Å². The lowest BCUT2D eigenvalue weighted by molar-refractivity contribution is 0.0773. The van der Waals surface area contributed by atoms with Crippen molar-refractivity contribution in [2.24, 2.45) is 0 Å². The number of anilines is 1. The maximum Gasteiger partial charge on any atom is 0.257 e. The summed E-state index contributed by atoms with van der Waals surface area (Å²) in [5.41, 5.74) is 0.643. The Labute approximate surface area is 159 Å². The average molecular weight is 401 g/mol. The van der Waals surface area contributed by atoms with E-state index in [9.17, 15) is 9.18 Å². The minimum atomic E-state index is -0.427. The molecule has 1 N–H and O–H groups in total. The largest absolute Gasteiger partial charge is 0.379 e. The van der Waals surface area contributed by atoms with Crippen LogP contribution in [0.15, 0.2) is 41.3 Å². The number of benzene rings is 2. The standard InChI is InChI=1S/C17H15Cl2FN2O2S/c18-14-10-15(19)16(25-22-4-6-24-7-5-22)9-13(14)17(23)21-12-3-1-2-11(20)8-12/h1-3,8-10H,4-7H2,(H,21,23). The lowest BCUT2D eigenvalue weighted by atomic mass is 10.2. The van der Waals surface area contributed by atoms with Gasteiger partial charge in [0.2, 0.25) is 0 Å². The normalized spacial score (nSPS) is 15.2. The second kappa shape index (κ2) is 8.38. The lowest BCUT2D eigenvalue weighted by Gasteiger charge is -2.25. The number of carbonyl (C=O) groups is 1. The maximum absolute atomic E-state index is 13.3. The number of rotatable bonds is 4. The number of halogens is 3. The highest BCUT2D eigenvalue weighted by Crippen LogP contribution is 2.34. The summed E-state index contributed by atoms with van der Waals surface area (Å²) in [4.78, 5) is 13.2. The van der Waals surface area contributed by atoms with Crippen LogP contribution >= 0.6 is 35.1 Å². The summed E-state index contributed by atoms with van der Waals surface area (Å²) in [6, 6.07) is 8.88. The molecule has 1 aliphatic heterocycles. The Bertz CT molecular complexity index is 785. The van der Waals surface area contributed by atoms with Gasteiger partial charge in [0, 0.05) is 23.7 Å². The van der Waals surface area contributed by atoms with Crippen molar-refractivity contribution >= 4 is 46.7 Å². The summed E-state index contributed by atoms with van der Waals surface area (Å²) >= 11 is 13.9. The molecule has 0 aromatic heterocycles. The Morgan fingerprint density at radius 2 is 1.92 bits per heavy atom. The van der Waals surface area contributed by atoms with Gasteiger partial charge < -0.3 is 10.1 Å². The highest BCUT2D eigenvalue weighted by Gasteiger charge is 2.18. The van der Waals surface area contributed by atoms with Crippen LogP contribution in [0.25, 0.3) is 0 Å². The van der Waals surface area contributed by atoms with E-state index in [1.54, 1.807) is 18.2 Å². The summed E-state index contributed by atoms with van der Waals surface area (Å²) in [5, 5.41) is 3.36. The van der Waals surface area contributed by atoms with Crippen molar-refractivity contribution in [1.29, 1.82) is 0 Å². The van der Waals surface area contributed by atoms with Crippen LogP contribution in [0.4, 0.5) is 10.1 Å². The molecule has 1 fully saturated rings. The van der Waals surface area contributed by atoms with E-state index in [1.165, 1.54) is 30.1 Å². The molecule has 0 spiro atoms. The van der Waals surface area contributed by atoms with E-state index in [1.807, 2.05) is 0 Å². The lowest BCUT2D eigenvalue weighted by Crippen LogP contribution is -2.30. The van der Waals surface area contributed by atoms with E-state index in [0.717, 1.165) is 18.0 Å². The van der Waals surface area contributed by atoms with Gasteiger partial charge in [-0.15, -0.1) is 0 Å². The second-order valence-corrected chi connectivity index (χ2v) is 7.31. The predicted octanol–water partition coefficient (Wildman–Crippen LogP) is 4.72. The van der Waals surface area contributed by atoms with Gasteiger partial charge in [0.25, 0.3) is 5.91 Å². The molecule has 132 valence electrons. The van der Waals surface area contributed by atoms with Gasteiger partial charge in [-0.25, -0.2) is 8.70 Å². The van der Waals surface area contributed by atoms with Crippen molar-refractivity contribution in [3.8, 4) is 0 Å². The second-order valence-electron chi connectivity index (χ2n) is 5.36. The van der Waals surface area contributed by atoms with Gasteiger partial charge in [-0.3, -0.25) is 4.79 Å². The Morgan fingerprint density at radius 1 is 1.16 bits per heavy atom. The van der Waals surface area contributed by atoms with Gasteiger partial charge in [0.05, 0.1) is 28.8 Å². The first-order valence-corrected chi connectivity index (χ1v) is 9.12. The van der Waals surface area contributed by atoms with Crippen LogP contribution in [0, 0.1) is 5.82 Å². The third-order valence-electron chi connectivity index (χ3n) is 3.55. The number of morpholine rings is 1. The van der Waals surface area contributed by atoms with Gasteiger partial charge in [0.15, 0.2) is 0 Å². The van der Waals surface area contributed by atoms with Crippen molar-refractivity contribution in [2.75, 3.05) is 31.6 Å². The smallest absolute Gasteiger partial charge is 0.257 e. The zero-order chi connectivity index (χ0) is 17.8. The fourth-order valence-electron chi connectivity index (χ4n) is 2.31. The number of ether oxygens (including phenoxy) is 1. The average Bonchev–Trinajstić information content (AvgIpc) is 2.58. The van der Waals surface area contributed by atoms with Crippen LogP contribution in [-0.2, 0) is 4.74 Å². The molecule has 8 heteroatoms. The molecule has 0 atom stereocenters. The molecule has 2 aromatic rings. The van der Waals surface area contributed by atoms with Gasteiger partial charge >= 0.3 is 0 Å². The molecule has 0 unspecified atom stereocenters. The molecule has 1 aliphatic rings. The highest BCUT2D eigenvalue weighted by molar-refractivity contribution is 7.97. The number of carbonyl (C=O) groups excluding carboxylic acids is 1. The first-order chi connectivity index (χ1) is 12.0. The summed E-state index contributed by atoms with van der Waals surface area (Å²) in [6.07, 6.45) is 0. The van der Waals surface area contributed by atoms with Crippen LogP contribution in [0.5, 0.6) is 0 Å². The Kier molecular flexibility index (Phi) is 6.19. The zero-order valence-corrected chi connectivity index (χ0v) is 15.4. The van der Waals surface area contributed by atoms with Crippen molar-refractivity contribution in [2.45, 2.75) is 4.90 Å². The van der Waals surface area contributed by atoms with E-state index in [0.29, 0.717) is 23.9 Å². The fourth-order valence-corrected chi connectivity index (χ4v) is 3.81. The topological polar surface area (TPSA) is 41.6 Å². The molecule has 0 aliphatic carbocycles. The van der Waals surface area contributed by atoms with Crippen LogP contribution in [0.2, 0.25) is 10.0 Å². The van der Waals surface area contributed by atoms with E-state index in [-0.39, 0.29) is 10.6 Å². The molecular formula is C17H15Cl2FN2O2S. The summed E-state index contributed by atoms with van der Waals surface area (Å²) < 4.78 is 20.7. The maximum atomic E-state index is 13.3. The van der Waals surface area contributed by atoms with Crippen LogP contribution < -0.4 is 5.32 Å². The first-order valence-electron chi connectivity index (χ1n) is 7.59. The summed E-state index contributed by atoms with van der Waals surface area (Å²) in [6.45, 7) is 2.86. The molecule has 25 heavy (non-hydrogen) atoms. The molecule has 4 nitrogen and oxygen atoms in total. The van der Waals surface area contributed by atoms with Crippen molar-refractivity contribution in [3.63, 3.8) is 0 Å². The van der Waals surface area contributed by atoms with E-state index >= 15 is 0 Å². The minimum absolute atomic E-state index is 0.241. The van der Waals surface area contributed by atoms with Crippen molar-refractivity contribution in [1.82, 2.24) is 4.31 Å². The molecule has 1 heterocycles. The molecule has 2 aromatic carbocycles. The van der Waals surface area contributed by atoms with Crippen LogP contribution in [0.1, 0.15) is 10.4 Å². The molecule has 1 saturated heterocycles. The third kappa shape index (κ3) is 4.86. The quantitative estimate of drug-likeness (QED) is 0.753. The van der Waals surface area contributed by atoms with Crippen LogP contribution in [0.3, 0.4) is 0 Å². The zero-order valence-electron chi connectivity index (χ0n) is 13.1. The first kappa shape index (κ1) is 18.5.